The lowest BCUT2D eigenvalue weighted by Gasteiger charge is -2.29. The van der Waals surface area contributed by atoms with Crippen LogP contribution in [0.1, 0.15) is 22.8 Å². The predicted octanol–water partition coefficient (Wildman–Crippen LogP) is 2.87. The van der Waals surface area contributed by atoms with E-state index in [1.165, 1.54) is 0 Å². The number of halogens is 9. The normalized spacial score (nSPS) is 19.6. The first-order valence-corrected chi connectivity index (χ1v) is 11.1. The molecule has 1 saturated heterocycles. The van der Waals surface area contributed by atoms with Crippen molar-refractivity contribution in [3.05, 3.63) is 47.3 Å². The summed E-state index contributed by atoms with van der Waals surface area (Å²) in [5, 5.41) is 15.1. The minimum atomic E-state index is -5.40. The number of nitrogen functional groups attached to an aromatic ring is 1. The van der Waals surface area contributed by atoms with Crippen molar-refractivity contribution in [2.24, 2.45) is 0 Å². The molecule has 0 aliphatic carbocycles. The van der Waals surface area contributed by atoms with E-state index in [0.717, 1.165) is 6.33 Å². The van der Waals surface area contributed by atoms with Crippen molar-refractivity contribution in [1.82, 2.24) is 24.8 Å². The van der Waals surface area contributed by atoms with Gasteiger partial charge in [0.05, 0.1) is 29.4 Å². The molecule has 1 aliphatic heterocycles. The number of nitrogens with one attached hydrogen (secondary N) is 1. The Labute approximate surface area is 217 Å². The van der Waals surface area contributed by atoms with Crippen LogP contribution >= 0.6 is 0 Å². The van der Waals surface area contributed by atoms with Gasteiger partial charge in [-0.3, -0.25) is 9.59 Å². The third-order valence-electron chi connectivity index (χ3n) is 6.28. The van der Waals surface area contributed by atoms with Gasteiger partial charge in [-0.25, -0.2) is 22.7 Å². The molecule has 3 atom stereocenters. The molecule has 0 radical (unpaired) electrons. The standard InChI is InChI=1S/C22H17F9N6O3/c1-20(40,22(29,30)31)19(39)36-5-12(24)13(6-36)35-18(38)9-2-8(3-11(23)15(9)25)14-4-10(21(26,27)28)16-17(32)33-7-34-37(14)16/h2-4,7,12-13,40H,5-6H2,1H3,(H,35,38)(H2,32,33,34)/t12-,13+,20?/m0/s1. The average Bonchev–Trinajstić information content (AvgIpc) is 3.41. The van der Waals surface area contributed by atoms with E-state index in [1.807, 2.05) is 5.32 Å². The van der Waals surface area contributed by atoms with Crippen molar-refractivity contribution >= 4 is 23.1 Å². The minimum absolute atomic E-state index is 0.159. The number of aromatic nitrogens is 3. The molecule has 0 saturated carbocycles. The number of alkyl halides is 7. The van der Waals surface area contributed by atoms with Crippen molar-refractivity contribution in [2.45, 2.75) is 37.1 Å². The van der Waals surface area contributed by atoms with Gasteiger partial charge in [-0.15, -0.1) is 0 Å². The number of fused-ring (bicyclic) bond motifs is 1. The second-order valence-corrected chi connectivity index (χ2v) is 9.04. The van der Waals surface area contributed by atoms with E-state index in [0.29, 0.717) is 27.6 Å². The first kappa shape index (κ1) is 28.9. The molecule has 4 rings (SSSR count). The molecule has 9 nitrogen and oxygen atoms in total. The monoisotopic (exact) mass is 584 g/mol. The molecule has 4 N–H and O–H groups in total. The summed E-state index contributed by atoms with van der Waals surface area (Å²) in [6.07, 6.45) is -11.7. The lowest BCUT2D eigenvalue weighted by Crippen LogP contribution is -2.56. The molecular formula is C22H17F9N6O3. The molecule has 2 aromatic heterocycles. The summed E-state index contributed by atoms with van der Waals surface area (Å²) in [4.78, 5) is 28.7. The number of carbonyl (C=O) groups excluding carboxylic acids is 2. The number of hydrogen-bond donors (Lipinski definition) is 3. The SMILES string of the molecule is CC(O)(C(=O)N1C[C@H](F)[C@H](NC(=O)c2cc(-c3cc(C(F)(F)F)c4c(N)ncnn34)cc(F)c2F)C1)C(F)(F)F. The Kier molecular flexibility index (Phi) is 6.89. The zero-order chi connectivity index (χ0) is 29.9. The quantitative estimate of drug-likeness (QED) is 0.405. The summed E-state index contributed by atoms with van der Waals surface area (Å²) in [6, 6.07) is -0.0723. The number of hydrogen-bond acceptors (Lipinski definition) is 6. The maximum Gasteiger partial charge on any atom is 0.426 e. The summed E-state index contributed by atoms with van der Waals surface area (Å²) in [5.41, 5.74) is -2.38. The van der Waals surface area contributed by atoms with Gasteiger partial charge in [-0.1, -0.05) is 0 Å². The van der Waals surface area contributed by atoms with Crippen LogP contribution in [-0.2, 0) is 11.0 Å². The highest BCUT2D eigenvalue weighted by molar-refractivity contribution is 5.96. The lowest BCUT2D eigenvalue weighted by atomic mass is 10.0. The van der Waals surface area contributed by atoms with Gasteiger partial charge in [0.25, 0.3) is 11.8 Å². The maximum atomic E-state index is 14.6. The molecule has 216 valence electrons. The second-order valence-electron chi connectivity index (χ2n) is 9.04. The highest BCUT2D eigenvalue weighted by Gasteiger charge is 2.58. The van der Waals surface area contributed by atoms with Crippen LogP contribution < -0.4 is 11.1 Å². The largest absolute Gasteiger partial charge is 0.426 e. The van der Waals surface area contributed by atoms with Crippen LogP contribution in [0.2, 0.25) is 0 Å². The Balaban J connectivity index is 1.66. The summed E-state index contributed by atoms with van der Waals surface area (Å²) in [5.74, 6) is -7.44. The van der Waals surface area contributed by atoms with Crippen molar-refractivity contribution in [2.75, 3.05) is 18.8 Å². The molecule has 1 aliphatic rings. The Morgan fingerprint density at radius 1 is 1.10 bits per heavy atom. The van der Waals surface area contributed by atoms with Crippen LogP contribution in [0.4, 0.5) is 45.3 Å². The van der Waals surface area contributed by atoms with Gasteiger partial charge in [-0.05, 0) is 25.1 Å². The number of rotatable bonds is 4. The number of likely N-dealkylation sites (tertiary alicyclic amines) is 1. The van der Waals surface area contributed by atoms with Gasteiger partial charge in [0, 0.05) is 12.1 Å². The van der Waals surface area contributed by atoms with E-state index in [2.05, 4.69) is 10.1 Å². The van der Waals surface area contributed by atoms with E-state index < -0.39 is 100 Å². The Morgan fingerprint density at radius 2 is 1.75 bits per heavy atom. The minimum Gasteiger partial charge on any atom is -0.382 e. The van der Waals surface area contributed by atoms with Gasteiger partial charge in [0.1, 0.15) is 18.0 Å². The molecule has 0 bridgehead atoms. The van der Waals surface area contributed by atoms with Gasteiger partial charge in [0.15, 0.2) is 17.5 Å². The number of aliphatic hydroxyl groups is 1. The molecule has 40 heavy (non-hydrogen) atoms. The van der Waals surface area contributed by atoms with E-state index in [-0.39, 0.29) is 6.92 Å². The van der Waals surface area contributed by atoms with E-state index in [9.17, 15) is 54.2 Å². The van der Waals surface area contributed by atoms with E-state index >= 15 is 0 Å². The average molecular weight is 584 g/mol. The fourth-order valence-corrected chi connectivity index (χ4v) is 4.13. The smallest absolute Gasteiger partial charge is 0.382 e. The van der Waals surface area contributed by atoms with Crippen molar-refractivity contribution in [1.29, 1.82) is 0 Å². The van der Waals surface area contributed by atoms with Crippen LogP contribution in [0.3, 0.4) is 0 Å². The van der Waals surface area contributed by atoms with Crippen LogP contribution in [0.15, 0.2) is 24.5 Å². The maximum absolute atomic E-state index is 14.6. The summed E-state index contributed by atoms with van der Waals surface area (Å²) < 4.78 is 124. The zero-order valence-electron chi connectivity index (χ0n) is 19.9. The first-order valence-electron chi connectivity index (χ1n) is 11.1. The van der Waals surface area contributed by atoms with Crippen molar-refractivity contribution in [3.8, 4) is 11.3 Å². The highest BCUT2D eigenvalue weighted by atomic mass is 19.4. The van der Waals surface area contributed by atoms with Crippen LogP contribution in [0.25, 0.3) is 16.8 Å². The fourth-order valence-electron chi connectivity index (χ4n) is 4.13. The molecule has 1 unspecified atom stereocenters. The van der Waals surface area contributed by atoms with Crippen molar-refractivity contribution in [3.63, 3.8) is 0 Å². The molecular weight excluding hydrogens is 567 g/mol. The molecule has 3 heterocycles. The fraction of sp³-hybridized carbons (Fsp3) is 0.364. The van der Waals surface area contributed by atoms with Gasteiger partial charge >= 0.3 is 12.4 Å². The first-order chi connectivity index (χ1) is 18.3. The van der Waals surface area contributed by atoms with Crippen LogP contribution in [-0.4, -0.2) is 73.5 Å². The van der Waals surface area contributed by atoms with Crippen LogP contribution in [0.5, 0.6) is 0 Å². The number of benzene rings is 1. The molecule has 18 heteroatoms. The summed E-state index contributed by atoms with van der Waals surface area (Å²) in [7, 11) is 0. The Morgan fingerprint density at radius 3 is 2.35 bits per heavy atom. The topological polar surface area (TPSA) is 126 Å². The molecule has 3 aromatic rings. The molecule has 1 fully saturated rings. The third kappa shape index (κ3) is 4.86. The van der Waals surface area contributed by atoms with Crippen molar-refractivity contribution < 1.29 is 54.2 Å². The summed E-state index contributed by atoms with van der Waals surface area (Å²) >= 11 is 0. The Bertz CT molecular complexity index is 1500. The van der Waals surface area contributed by atoms with E-state index in [4.69, 9.17) is 5.73 Å². The molecule has 2 amide bonds. The van der Waals surface area contributed by atoms with Gasteiger partial charge < -0.3 is 21.1 Å². The van der Waals surface area contributed by atoms with Gasteiger partial charge in [0.2, 0.25) is 5.60 Å². The number of carbonyl (C=O) groups is 2. The van der Waals surface area contributed by atoms with Crippen LogP contribution in [0, 0.1) is 11.6 Å². The second kappa shape index (κ2) is 9.53. The number of nitrogens with zero attached hydrogens (tertiary/aromatic N) is 4. The zero-order valence-corrected chi connectivity index (χ0v) is 19.9. The molecule has 1 aromatic carbocycles. The number of anilines is 1. The number of nitrogens with two attached hydrogens (primary N) is 1. The lowest BCUT2D eigenvalue weighted by molar-refractivity contribution is -0.249. The Hall–Kier alpha value is -4.09. The van der Waals surface area contributed by atoms with Gasteiger partial charge in [-0.2, -0.15) is 31.4 Å². The third-order valence-corrected chi connectivity index (χ3v) is 6.28. The molecule has 0 spiro atoms. The summed E-state index contributed by atoms with van der Waals surface area (Å²) in [6.45, 7) is -1.67. The highest BCUT2D eigenvalue weighted by Crippen LogP contribution is 2.39. The number of amides is 2. The van der Waals surface area contributed by atoms with E-state index in [1.54, 1.807) is 0 Å². The predicted molar refractivity (Wildman–Crippen MR) is 117 cm³/mol.